The molecule has 0 spiro atoms. The van der Waals surface area contributed by atoms with Crippen LogP contribution in [0.25, 0.3) is 10.2 Å². The van der Waals surface area contributed by atoms with Crippen LogP contribution < -0.4 is 11.1 Å². The molecule has 22 heavy (non-hydrogen) atoms. The summed E-state index contributed by atoms with van der Waals surface area (Å²) < 4.78 is 2.08. The number of thiophene rings is 1. The zero-order chi connectivity index (χ0) is 15.7. The number of nitrogens with two attached hydrogens (primary N) is 1. The summed E-state index contributed by atoms with van der Waals surface area (Å²) in [7, 11) is 0. The second-order valence-corrected chi connectivity index (χ2v) is 8.23. The first-order valence-corrected chi connectivity index (χ1v) is 9.56. The van der Waals surface area contributed by atoms with Gasteiger partial charge in [0, 0.05) is 28.6 Å². The van der Waals surface area contributed by atoms with Crippen molar-refractivity contribution in [2.75, 3.05) is 5.32 Å². The van der Waals surface area contributed by atoms with Gasteiger partial charge < -0.3 is 11.1 Å². The largest absolute Gasteiger partial charge is 0.377 e. The van der Waals surface area contributed by atoms with E-state index in [0.717, 1.165) is 31.8 Å². The SMILES string of the molecule is C[C@H](N)Cc1sc2c(NCc3nccs3)cc(Cl)nc2c1Br. The Labute approximate surface area is 149 Å². The normalized spacial score (nSPS) is 12.7. The maximum atomic E-state index is 6.17. The second-order valence-electron chi connectivity index (χ2n) is 4.97. The molecule has 0 saturated heterocycles. The Morgan fingerprint density at radius 3 is 3.00 bits per heavy atom. The van der Waals surface area contributed by atoms with Crippen molar-refractivity contribution in [1.29, 1.82) is 0 Å². The zero-order valence-corrected chi connectivity index (χ0v) is 15.7. The van der Waals surface area contributed by atoms with Gasteiger partial charge in [-0.25, -0.2) is 9.97 Å². The van der Waals surface area contributed by atoms with Gasteiger partial charge in [0.25, 0.3) is 0 Å². The van der Waals surface area contributed by atoms with Crippen molar-refractivity contribution >= 4 is 66.1 Å². The van der Waals surface area contributed by atoms with E-state index < -0.39 is 0 Å². The van der Waals surface area contributed by atoms with Gasteiger partial charge in [0.1, 0.15) is 10.2 Å². The number of aromatic nitrogens is 2. The number of hydrogen-bond donors (Lipinski definition) is 2. The number of hydrogen-bond acceptors (Lipinski definition) is 6. The number of nitrogens with zero attached hydrogens (tertiary/aromatic N) is 2. The van der Waals surface area contributed by atoms with Crippen LogP contribution in [0.2, 0.25) is 5.15 Å². The lowest BCUT2D eigenvalue weighted by molar-refractivity contribution is 0.745. The molecule has 3 heterocycles. The molecule has 0 aliphatic rings. The third-order valence-corrected chi connectivity index (χ3v) is 6.37. The summed E-state index contributed by atoms with van der Waals surface area (Å²) in [6.07, 6.45) is 2.62. The van der Waals surface area contributed by atoms with Gasteiger partial charge in [0.2, 0.25) is 0 Å². The second kappa shape index (κ2) is 6.80. The van der Waals surface area contributed by atoms with Crippen molar-refractivity contribution < 1.29 is 0 Å². The molecule has 116 valence electrons. The Balaban J connectivity index is 1.98. The lowest BCUT2D eigenvalue weighted by Crippen LogP contribution is -2.17. The van der Waals surface area contributed by atoms with Gasteiger partial charge in [-0.1, -0.05) is 11.6 Å². The Morgan fingerprint density at radius 2 is 2.32 bits per heavy atom. The van der Waals surface area contributed by atoms with Crippen molar-refractivity contribution in [3.8, 4) is 0 Å². The van der Waals surface area contributed by atoms with E-state index in [9.17, 15) is 0 Å². The van der Waals surface area contributed by atoms with Crippen LogP contribution in [-0.4, -0.2) is 16.0 Å². The van der Waals surface area contributed by atoms with Crippen molar-refractivity contribution in [3.63, 3.8) is 0 Å². The van der Waals surface area contributed by atoms with Crippen LogP contribution in [0.4, 0.5) is 5.69 Å². The molecule has 0 aromatic carbocycles. The summed E-state index contributed by atoms with van der Waals surface area (Å²) in [6, 6.07) is 1.96. The first-order valence-electron chi connectivity index (χ1n) is 6.70. The van der Waals surface area contributed by atoms with E-state index in [0.29, 0.717) is 11.7 Å². The van der Waals surface area contributed by atoms with Gasteiger partial charge in [-0.05, 0) is 29.3 Å². The van der Waals surface area contributed by atoms with Gasteiger partial charge in [-0.2, -0.15) is 0 Å². The Bertz CT molecular complexity index is 786. The predicted octanol–water partition coefficient (Wildman–Crippen LogP) is 4.67. The first-order chi connectivity index (χ1) is 10.5. The fraction of sp³-hybridized carbons (Fsp3) is 0.286. The van der Waals surface area contributed by atoms with E-state index in [1.807, 2.05) is 18.4 Å². The third-order valence-electron chi connectivity index (χ3n) is 3.04. The summed E-state index contributed by atoms with van der Waals surface area (Å²) >= 11 is 13.1. The van der Waals surface area contributed by atoms with Crippen molar-refractivity contribution in [3.05, 3.63) is 37.2 Å². The minimum Gasteiger partial charge on any atom is -0.377 e. The number of anilines is 1. The van der Waals surface area contributed by atoms with Crippen LogP contribution in [0, 0.1) is 0 Å². The highest BCUT2D eigenvalue weighted by Gasteiger charge is 2.16. The molecule has 0 bridgehead atoms. The molecular formula is C14H14BrClN4S2. The number of rotatable bonds is 5. The summed E-state index contributed by atoms with van der Waals surface area (Å²) in [5, 5.41) is 6.88. The summed E-state index contributed by atoms with van der Waals surface area (Å²) in [5.74, 6) is 0. The lowest BCUT2D eigenvalue weighted by atomic mass is 10.2. The van der Waals surface area contributed by atoms with Gasteiger partial charge in [-0.15, -0.1) is 22.7 Å². The zero-order valence-electron chi connectivity index (χ0n) is 11.8. The summed E-state index contributed by atoms with van der Waals surface area (Å²) in [5.41, 5.74) is 7.79. The van der Waals surface area contributed by atoms with Crippen LogP contribution in [0.5, 0.6) is 0 Å². The minimum absolute atomic E-state index is 0.103. The molecule has 8 heteroatoms. The molecule has 0 fully saturated rings. The van der Waals surface area contributed by atoms with Crippen LogP contribution in [0.15, 0.2) is 22.1 Å². The molecule has 3 rings (SSSR count). The Hall–Kier alpha value is -0.730. The number of thiazole rings is 1. The number of fused-ring (bicyclic) bond motifs is 1. The highest BCUT2D eigenvalue weighted by molar-refractivity contribution is 9.10. The van der Waals surface area contributed by atoms with Crippen LogP contribution in [0.3, 0.4) is 0 Å². The molecule has 4 nitrogen and oxygen atoms in total. The van der Waals surface area contributed by atoms with E-state index in [2.05, 4.69) is 31.2 Å². The maximum absolute atomic E-state index is 6.17. The molecule has 1 atom stereocenters. The Morgan fingerprint density at radius 1 is 1.50 bits per heavy atom. The van der Waals surface area contributed by atoms with Crippen molar-refractivity contribution in [2.24, 2.45) is 5.73 Å². The minimum atomic E-state index is 0.103. The van der Waals surface area contributed by atoms with Crippen LogP contribution in [-0.2, 0) is 13.0 Å². The quantitative estimate of drug-likeness (QED) is 0.592. The van der Waals surface area contributed by atoms with E-state index in [-0.39, 0.29) is 6.04 Å². The number of halogens is 2. The molecule has 3 N–H and O–H groups in total. The van der Waals surface area contributed by atoms with Crippen LogP contribution >= 0.6 is 50.2 Å². The number of pyridine rings is 1. The molecule has 0 aliphatic carbocycles. The average molecular weight is 418 g/mol. The molecule has 0 aliphatic heterocycles. The van der Waals surface area contributed by atoms with E-state index in [4.69, 9.17) is 17.3 Å². The van der Waals surface area contributed by atoms with Gasteiger partial charge in [-0.3, -0.25) is 0 Å². The van der Waals surface area contributed by atoms with Crippen molar-refractivity contribution in [2.45, 2.75) is 25.9 Å². The van der Waals surface area contributed by atoms with Gasteiger partial charge >= 0.3 is 0 Å². The topological polar surface area (TPSA) is 63.8 Å². The monoisotopic (exact) mass is 416 g/mol. The number of nitrogens with one attached hydrogen (secondary N) is 1. The summed E-state index contributed by atoms with van der Waals surface area (Å²) in [6.45, 7) is 2.67. The molecule has 0 amide bonds. The van der Waals surface area contributed by atoms with Crippen molar-refractivity contribution in [1.82, 2.24) is 9.97 Å². The highest BCUT2D eigenvalue weighted by Crippen LogP contribution is 2.40. The van der Waals surface area contributed by atoms with E-state index in [1.165, 1.54) is 4.88 Å². The lowest BCUT2D eigenvalue weighted by Gasteiger charge is -2.06. The first kappa shape index (κ1) is 16.1. The molecule has 3 aromatic heterocycles. The Kier molecular flexibility index (Phi) is 4.99. The van der Waals surface area contributed by atoms with Gasteiger partial charge in [0.05, 0.1) is 26.9 Å². The van der Waals surface area contributed by atoms with E-state index in [1.54, 1.807) is 28.9 Å². The highest BCUT2D eigenvalue weighted by atomic mass is 79.9. The molecule has 0 unspecified atom stereocenters. The fourth-order valence-corrected chi connectivity index (χ4v) is 4.96. The van der Waals surface area contributed by atoms with E-state index >= 15 is 0 Å². The predicted molar refractivity (Wildman–Crippen MR) is 99.1 cm³/mol. The van der Waals surface area contributed by atoms with Gasteiger partial charge in [0.15, 0.2) is 0 Å². The third kappa shape index (κ3) is 3.44. The molecular weight excluding hydrogens is 404 g/mol. The maximum Gasteiger partial charge on any atom is 0.131 e. The average Bonchev–Trinajstić information content (AvgIpc) is 3.07. The van der Waals surface area contributed by atoms with Crippen LogP contribution in [0.1, 0.15) is 16.8 Å². The smallest absolute Gasteiger partial charge is 0.131 e. The molecule has 3 aromatic rings. The molecule has 0 radical (unpaired) electrons. The fourth-order valence-electron chi connectivity index (χ4n) is 2.12. The molecule has 0 saturated carbocycles. The standard InChI is InChI=1S/C14H14BrClN4S2/c1-7(17)4-9-12(15)13-14(22-9)8(5-10(16)20-13)19-6-11-18-2-3-21-11/h2-3,5,7H,4,6,17H2,1H3,(H,19,20)/t7-/m0/s1. The summed E-state index contributed by atoms with van der Waals surface area (Å²) in [4.78, 5) is 9.92.